The molecular formula is C29H68N2O14P2. The molecule has 2 aliphatic rings. The quantitative estimate of drug-likeness (QED) is 0.0856. The van der Waals surface area contributed by atoms with Crippen LogP contribution < -0.4 is 4.89 Å². The van der Waals surface area contributed by atoms with E-state index in [4.69, 9.17) is 32.5 Å². The first-order valence-electron chi connectivity index (χ1n) is 15.6. The van der Waals surface area contributed by atoms with Gasteiger partial charge < -0.3 is 51.7 Å². The van der Waals surface area contributed by atoms with Crippen LogP contribution in [0.4, 0.5) is 0 Å². The normalized spacial score (nSPS) is 15.9. The zero-order valence-electron chi connectivity index (χ0n) is 29.6. The number of likely N-dealkylation sites (N-methyl/N-ethyl adjacent to an activating group) is 1. The summed E-state index contributed by atoms with van der Waals surface area (Å²) in [6, 6.07) is 0. The van der Waals surface area contributed by atoms with Crippen molar-refractivity contribution in [2.24, 2.45) is 0 Å². The molecule has 0 saturated carbocycles. The third kappa shape index (κ3) is 34.1. The van der Waals surface area contributed by atoms with Gasteiger partial charge in [0.25, 0.3) is 7.82 Å². The van der Waals surface area contributed by atoms with Gasteiger partial charge in [-0.05, 0) is 33.0 Å². The molecule has 0 aromatic heterocycles. The number of nitrogens with zero attached hydrogens (tertiary/aromatic N) is 2. The van der Waals surface area contributed by atoms with Crippen LogP contribution in [0.3, 0.4) is 0 Å². The van der Waals surface area contributed by atoms with E-state index in [1.54, 1.807) is 7.11 Å². The van der Waals surface area contributed by atoms with Crippen LogP contribution >= 0.6 is 15.6 Å². The first-order chi connectivity index (χ1) is 22.0. The molecule has 0 unspecified atom stereocenters. The van der Waals surface area contributed by atoms with Crippen LogP contribution in [0.2, 0.25) is 0 Å². The average molecular weight is 731 g/mol. The second kappa shape index (κ2) is 34.4. The molecule has 0 atom stereocenters. The molecule has 2 rings (SSSR count). The second-order valence-electron chi connectivity index (χ2n) is 10.5. The summed E-state index contributed by atoms with van der Waals surface area (Å²) in [4.78, 5) is 13.2. The van der Waals surface area contributed by atoms with Crippen LogP contribution in [0.1, 0.15) is 33.1 Å². The van der Waals surface area contributed by atoms with Gasteiger partial charge in [0.1, 0.15) is 6.54 Å². The van der Waals surface area contributed by atoms with Gasteiger partial charge in [-0.1, -0.05) is 7.43 Å². The smallest absolute Gasteiger partial charge is 0.475 e. The first-order valence-corrected chi connectivity index (χ1v) is 18.5. The molecule has 18 heteroatoms. The van der Waals surface area contributed by atoms with Crippen LogP contribution in [0, 0.1) is 0 Å². The number of rotatable bonds is 23. The summed E-state index contributed by atoms with van der Waals surface area (Å²) in [5.74, 6) is 0. The van der Waals surface area contributed by atoms with E-state index in [1.807, 2.05) is 0 Å². The Kier molecular flexibility index (Phi) is 37.5. The number of ether oxygens (including phenoxy) is 6. The number of methoxy groups -OCH3 is 6. The highest BCUT2D eigenvalue weighted by molar-refractivity contribution is 7.48. The minimum Gasteiger partial charge on any atom is -0.756 e. The molecular weight excluding hydrogens is 662 g/mol. The third-order valence-electron chi connectivity index (χ3n) is 6.50. The lowest BCUT2D eigenvalue weighted by atomic mass is 10.4. The van der Waals surface area contributed by atoms with Gasteiger partial charge in [-0.15, -0.1) is 0 Å². The fraction of sp³-hybridized carbons (Fsp3) is 1.00. The highest BCUT2D eigenvalue weighted by Gasteiger charge is 2.27. The number of quaternary nitrogens is 1. The van der Waals surface area contributed by atoms with Crippen molar-refractivity contribution in [3.63, 3.8) is 0 Å². The van der Waals surface area contributed by atoms with Crippen LogP contribution in [0.5, 0.6) is 0 Å². The zero-order valence-corrected chi connectivity index (χ0v) is 31.4. The predicted octanol–water partition coefficient (Wildman–Crippen LogP) is 3.09. The number of hydrogen-bond acceptors (Lipinski definition) is 15. The van der Waals surface area contributed by atoms with E-state index in [0.717, 1.165) is 6.61 Å². The summed E-state index contributed by atoms with van der Waals surface area (Å²) in [6.45, 7) is 9.12. The minimum atomic E-state index is -4.16. The molecule has 0 radical (unpaired) electrons. The summed E-state index contributed by atoms with van der Waals surface area (Å²) >= 11 is 0. The zero-order chi connectivity index (χ0) is 35.0. The molecule has 16 nitrogen and oxygen atoms in total. The topological polar surface area (TPSA) is 162 Å². The van der Waals surface area contributed by atoms with E-state index in [2.05, 4.69) is 37.5 Å². The van der Waals surface area contributed by atoms with Gasteiger partial charge in [0.05, 0.1) is 92.8 Å². The maximum atomic E-state index is 12.0. The Bertz CT molecular complexity index is 698. The number of likely N-dealkylation sites (tertiary alicyclic amines) is 2. The Morgan fingerprint density at radius 3 is 1.15 bits per heavy atom. The van der Waals surface area contributed by atoms with Gasteiger partial charge in [0.15, 0.2) is 0 Å². The van der Waals surface area contributed by atoms with Gasteiger partial charge in [0.2, 0.25) is 0 Å². The third-order valence-corrected chi connectivity index (χ3v) is 8.99. The molecule has 0 N–H and O–H groups in total. The lowest BCUT2D eigenvalue weighted by Crippen LogP contribution is -2.43. The molecule has 0 aromatic carbocycles. The molecule has 2 aliphatic heterocycles. The van der Waals surface area contributed by atoms with Crippen molar-refractivity contribution in [3.8, 4) is 0 Å². The summed E-state index contributed by atoms with van der Waals surface area (Å²) < 4.78 is 76.6. The molecule has 0 spiro atoms. The standard InChI is InChI=1S/C9H21O7P.C8H18NO.C6H15O6P.C5H11N.CH4/c1-11-4-7-14-17(10,15-8-5-12-2)16-9-6-13-3;1-9(7-8-10-2)5-3-4-6-9;1-9-3-5-11-13(7,8)12-6-4-10-2;1-6-4-2-3-5-6;/h4-9H2,1-3H3;3-8H2,1-2H3;3-6H2,1-2H3,(H,7,8);2-5H2,1H3;1H4/q;+1;;;/p-1. The maximum absolute atomic E-state index is 12.0. The molecule has 0 aliphatic carbocycles. The molecule has 0 amide bonds. The monoisotopic (exact) mass is 730 g/mol. The molecule has 2 heterocycles. The van der Waals surface area contributed by atoms with E-state index in [-0.39, 0.29) is 53.7 Å². The van der Waals surface area contributed by atoms with Crippen LogP contribution in [0.25, 0.3) is 0 Å². The lowest BCUT2D eigenvalue weighted by molar-refractivity contribution is -0.897. The Morgan fingerprint density at radius 2 is 0.872 bits per heavy atom. The minimum absolute atomic E-state index is 0. The number of hydrogen-bond donors (Lipinski definition) is 0. The Balaban J connectivity index is -0.000000573. The second-order valence-corrected chi connectivity index (χ2v) is 13.6. The van der Waals surface area contributed by atoms with Crippen molar-refractivity contribution in [3.05, 3.63) is 0 Å². The van der Waals surface area contributed by atoms with Crippen molar-refractivity contribution in [1.29, 1.82) is 0 Å². The SMILES string of the molecule is C.CN1CCCC1.COCCOP(=O)(OCCOC)OCCOC.COCCOP(=O)([O-])OCCOC.COCC[N+]1(C)CCCC1. The molecule has 0 aromatic rings. The predicted molar refractivity (Wildman–Crippen MR) is 180 cm³/mol. The van der Waals surface area contributed by atoms with Crippen LogP contribution in [-0.4, -0.2) is 172 Å². The van der Waals surface area contributed by atoms with Crippen molar-refractivity contribution >= 4 is 15.6 Å². The number of phosphoric acid groups is 2. The highest BCUT2D eigenvalue weighted by Crippen LogP contribution is 2.49. The van der Waals surface area contributed by atoms with Gasteiger partial charge in [-0.2, -0.15) is 0 Å². The van der Waals surface area contributed by atoms with Crippen LogP contribution in [0.15, 0.2) is 0 Å². The summed E-state index contributed by atoms with van der Waals surface area (Å²) in [5, 5.41) is 0. The average Bonchev–Trinajstić information content (AvgIpc) is 3.69. The van der Waals surface area contributed by atoms with Gasteiger partial charge in [0, 0.05) is 55.5 Å². The highest BCUT2D eigenvalue weighted by atomic mass is 31.2. The van der Waals surface area contributed by atoms with Crippen molar-refractivity contribution in [1.82, 2.24) is 4.90 Å². The molecule has 0 bridgehead atoms. The maximum Gasteiger partial charge on any atom is 0.475 e. The molecule has 2 fully saturated rings. The summed E-state index contributed by atoms with van der Waals surface area (Å²) in [7, 11) is 6.03. The Morgan fingerprint density at radius 1 is 0.553 bits per heavy atom. The number of phosphoric ester groups is 2. The fourth-order valence-corrected chi connectivity index (χ4v) is 5.61. The largest absolute Gasteiger partial charge is 0.756 e. The van der Waals surface area contributed by atoms with Gasteiger partial charge >= 0.3 is 7.82 Å². The fourth-order valence-electron chi connectivity index (χ4n) is 3.82. The van der Waals surface area contributed by atoms with Gasteiger partial charge in [-0.3, -0.25) is 18.1 Å². The van der Waals surface area contributed by atoms with E-state index in [1.165, 1.54) is 98.4 Å². The van der Waals surface area contributed by atoms with Gasteiger partial charge in [-0.25, -0.2) is 4.57 Å². The van der Waals surface area contributed by atoms with E-state index in [9.17, 15) is 14.0 Å². The molecule has 2 saturated heterocycles. The van der Waals surface area contributed by atoms with E-state index < -0.39 is 15.6 Å². The Labute approximate surface area is 285 Å². The van der Waals surface area contributed by atoms with Crippen LogP contribution in [-0.2, 0) is 60.2 Å². The van der Waals surface area contributed by atoms with E-state index >= 15 is 0 Å². The Hall–Kier alpha value is -0.100. The molecule has 47 heavy (non-hydrogen) atoms. The summed E-state index contributed by atoms with van der Waals surface area (Å²) in [5.41, 5.74) is 0. The molecule has 288 valence electrons. The van der Waals surface area contributed by atoms with Crippen molar-refractivity contribution in [2.45, 2.75) is 33.1 Å². The first kappa shape index (κ1) is 51.3. The van der Waals surface area contributed by atoms with Crippen molar-refractivity contribution in [2.75, 3.05) is 162 Å². The lowest BCUT2D eigenvalue weighted by Gasteiger charge is -2.28. The summed E-state index contributed by atoms with van der Waals surface area (Å²) in [6.07, 6.45) is 5.63. The van der Waals surface area contributed by atoms with Crippen molar-refractivity contribution < 1.29 is 69.5 Å². The van der Waals surface area contributed by atoms with E-state index in [0.29, 0.717) is 19.8 Å².